The molecule has 0 amide bonds. The molecule has 1 aliphatic heterocycles. The van der Waals surface area contributed by atoms with Gasteiger partial charge in [-0.3, -0.25) is 0 Å². The van der Waals surface area contributed by atoms with Crippen LogP contribution < -0.4 is 5.32 Å². The van der Waals surface area contributed by atoms with E-state index in [-0.39, 0.29) is 0 Å². The lowest BCUT2D eigenvalue weighted by molar-refractivity contribution is 0.183. The number of rotatable bonds is 5. The minimum atomic E-state index is -2.09. The zero-order chi connectivity index (χ0) is 17.2. The predicted octanol–water partition coefficient (Wildman–Crippen LogP) is 2.23. The molecule has 0 unspecified atom stereocenters. The average Bonchev–Trinajstić information content (AvgIpc) is 2.30. The molecular formula is C15H29NO4S2. The smallest absolute Gasteiger partial charge is 0.209 e. The van der Waals surface area contributed by atoms with Crippen LogP contribution in [0.2, 0.25) is 0 Å². The lowest BCUT2D eigenvalue weighted by atomic mass is 9.83. The van der Waals surface area contributed by atoms with E-state index in [1.165, 1.54) is 30.0 Å². The van der Waals surface area contributed by atoms with E-state index in [1.807, 2.05) is 0 Å². The van der Waals surface area contributed by atoms with Gasteiger partial charge >= 0.3 is 0 Å². The fourth-order valence-corrected chi connectivity index (χ4v) is 3.38. The van der Waals surface area contributed by atoms with E-state index in [1.54, 1.807) is 0 Å². The zero-order valence-corrected chi connectivity index (χ0v) is 15.7. The third-order valence-corrected chi connectivity index (χ3v) is 4.46. The lowest BCUT2D eigenvalue weighted by Gasteiger charge is -2.42. The van der Waals surface area contributed by atoms with Gasteiger partial charge in [-0.1, -0.05) is 0 Å². The molecule has 1 rings (SSSR count). The van der Waals surface area contributed by atoms with Gasteiger partial charge in [-0.2, -0.15) is 16.8 Å². The van der Waals surface area contributed by atoms with Crippen LogP contribution in [-0.2, 0) is 20.6 Å². The van der Waals surface area contributed by atoms with Crippen LogP contribution in [-0.4, -0.2) is 38.6 Å². The van der Waals surface area contributed by atoms with Gasteiger partial charge in [-0.25, -0.2) is 0 Å². The van der Waals surface area contributed by atoms with E-state index < -0.39 is 20.6 Å². The van der Waals surface area contributed by atoms with Crippen molar-refractivity contribution in [3.8, 4) is 0 Å². The Morgan fingerprint density at radius 2 is 1.18 bits per heavy atom. The fourth-order valence-electron chi connectivity index (χ4n) is 2.66. The second-order valence-electron chi connectivity index (χ2n) is 6.89. The molecule has 0 aromatic rings. The van der Waals surface area contributed by atoms with Gasteiger partial charge in [0.05, 0.1) is 0 Å². The summed E-state index contributed by atoms with van der Waals surface area (Å²) in [5.74, 6) is 0. The van der Waals surface area contributed by atoms with Crippen molar-refractivity contribution in [2.24, 2.45) is 0 Å². The molecule has 1 N–H and O–H groups in total. The molecule has 0 radical (unpaired) electrons. The Morgan fingerprint density at radius 3 is 1.41 bits per heavy atom. The van der Waals surface area contributed by atoms with Gasteiger partial charge in [0.25, 0.3) is 0 Å². The Kier molecular flexibility index (Phi) is 9.87. The molecule has 1 heterocycles. The van der Waals surface area contributed by atoms with Crippen molar-refractivity contribution in [3.05, 3.63) is 0 Å². The molecule has 0 atom stereocenters. The van der Waals surface area contributed by atoms with Crippen molar-refractivity contribution < 1.29 is 16.8 Å². The van der Waals surface area contributed by atoms with Gasteiger partial charge in [0.1, 0.15) is 0 Å². The Bertz CT molecular complexity index is 519. The molecule has 130 valence electrons. The summed E-state index contributed by atoms with van der Waals surface area (Å²) in [7, 11) is -4.17. The summed E-state index contributed by atoms with van der Waals surface area (Å²) in [4.78, 5) is 0. The maximum absolute atomic E-state index is 9.98. The third-order valence-electron chi connectivity index (χ3n) is 3.45. The molecule has 0 aromatic carbocycles. The van der Waals surface area contributed by atoms with E-state index in [0.29, 0.717) is 36.8 Å². The van der Waals surface area contributed by atoms with E-state index in [2.05, 4.69) is 33.0 Å². The first kappa shape index (κ1) is 21.3. The second kappa shape index (κ2) is 10.2. The minimum Gasteiger partial charge on any atom is -0.307 e. The fraction of sp³-hybridized carbons (Fsp3) is 0.867. The molecule has 22 heavy (non-hydrogen) atoms. The van der Waals surface area contributed by atoms with Gasteiger partial charge in [-0.05, 0) is 72.6 Å². The van der Waals surface area contributed by atoms with Crippen molar-refractivity contribution >= 4 is 31.3 Å². The Balaban J connectivity index is 0.000000406. The highest BCUT2D eigenvalue weighted by molar-refractivity contribution is 7.71. The van der Waals surface area contributed by atoms with Crippen LogP contribution in [0.15, 0.2) is 0 Å². The number of hydrogen-bond acceptors (Lipinski definition) is 5. The Hall–Kier alpha value is -0.660. The molecule has 0 spiro atoms. The van der Waals surface area contributed by atoms with E-state index in [4.69, 9.17) is 0 Å². The molecule has 0 aliphatic carbocycles. The van der Waals surface area contributed by atoms with Gasteiger partial charge < -0.3 is 5.32 Å². The van der Waals surface area contributed by atoms with Crippen molar-refractivity contribution in [2.75, 3.05) is 0 Å². The monoisotopic (exact) mass is 351 g/mol. The van der Waals surface area contributed by atoms with E-state index in [9.17, 15) is 16.8 Å². The van der Waals surface area contributed by atoms with Gasteiger partial charge in [0.2, 0.25) is 20.6 Å². The first-order valence-electron chi connectivity index (χ1n) is 7.66. The molecule has 0 bridgehead atoms. The summed E-state index contributed by atoms with van der Waals surface area (Å²) < 4.78 is 39.9. The predicted molar refractivity (Wildman–Crippen MR) is 93.6 cm³/mol. The molecule has 0 saturated carbocycles. The van der Waals surface area contributed by atoms with Crippen LogP contribution in [0.3, 0.4) is 0 Å². The summed E-state index contributed by atoms with van der Waals surface area (Å²) >= 11 is 0. The number of piperidine rings is 1. The summed E-state index contributed by atoms with van der Waals surface area (Å²) in [6, 6.07) is 0. The maximum Gasteiger partial charge on any atom is 0.209 e. The summed E-state index contributed by atoms with van der Waals surface area (Å²) in [5.41, 5.74) is 0.726. The summed E-state index contributed by atoms with van der Waals surface area (Å²) in [6.45, 7) is 9.14. The molecule has 1 saturated heterocycles. The SMILES string of the molecule is CC1(C)CCCC(C)(C)N1.O=S(=O)=CCCCCC=S(=O)=O. The molecular weight excluding hydrogens is 322 g/mol. The highest BCUT2D eigenvalue weighted by Gasteiger charge is 2.31. The number of nitrogens with one attached hydrogen (secondary N) is 1. The quantitative estimate of drug-likeness (QED) is 0.607. The van der Waals surface area contributed by atoms with Crippen LogP contribution in [0.25, 0.3) is 0 Å². The van der Waals surface area contributed by atoms with Crippen molar-refractivity contribution in [3.63, 3.8) is 0 Å². The van der Waals surface area contributed by atoms with Crippen LogP contribution in [0.4, 0.5) is 0 Å². The van der Waals surface area contributed by atoms with E-state index in [0.717, 1.165) is 0 Å². The molecule has 1 fully saturated rings. The topological polar surface area (TPSA) is 80.3 Å². The van der Waals surface area contributed by atoms with E-state index >= 15 is 0 Å². The van der Waals surface area contributed by atoms with Crippen LogP contribution in [0.1, 0.15) is 72.6 Å². The van der Waals surface area contributed by atoms with Gasteiger partial charge in [-0.15, -0.1) is 0 Å². The molecule has 7 heteroatoms. The summed E-state index contributed by atoms with van der Waals surface area (Å²) in [6.07, 6.45) is 6.36. The van der Waals surface area contributed by atoms with Crippen LogP contribution >= 0.6 is 0 Å². The first-order valence-corrected chi connectivity index (χ1v) is 9.94. The number of hydrogen-bond donors (Lipinski definition) is 1. The normalized spacial score (nSPS) is 18.5. The van der Waals surface area contributed by atoms with Crippen molar-refractivity contribution in [1.82, 2.24) is 5.32 Å². The van der Waals surface area contributed by atoms with Gasteiger partial charge in [0, 0.05) is 21.8 Å². The average molecular weight is 352 g/mol. The Labute approximate surface area is 137 Å². The first-order chi connectivity index (χ1) is 10.0. The van der Waals surface area contributed by atoms with Crippen LogP contribution in [0.5, 0.6) is 0 Å². The molecule has 0 aromatic heterocycles. The summed E-state index contributed by atoms with van der Waals surface area (Å²) in [5, 5.41) is 5.98. The molecule has 5 nitrogen and oxygen atoms in total. The lowest BCUT2D eigenvalue weighted by Crippen LogP contribution is -2.55. The van der Waals surface area contributed by atoms with Gasteiger partial charge in [0.15, 0.2) is 0 Å². The van der Waals surface area contributed by atoms with Crippen LogP contribution in [0, 0.1) is 0 Å². The number of unbranched alkanes of at least 4 members (excludes halogenated alkanes) is 3. The third kappa shape index (κ3) is 13.0. The maximum atomic E-state index is 9.98. The largest absolute Gasteiger partial charge is 0.307 e. The molecule has 1 aliphatic rings. The Morgan fingerprint density at radius 1 is 0.818 bits per heavy atom. The standard InChI is InChI=1S/C9H19N.C6H10O4S2/c1-8(2)6-5-7-9(3,4)10-8;7-11(8)5-3-1-2-4-6-12(9)10/h10H,5-7H2,1-4H3;5-6H,1-4H2. The minimum absolute atomic E-state index is 0.363. The van der Waals surface area contributed by atoms with Crippen molar-refractivity contribution in [1.29, 1.82) is 0 Å². The second-order valence-corrected chi connectivity index (χ2v) is 8.59. The highest BCUT2D eigenvalue weighted by atomic mass is 32.2. The van der Waals surface area contributed by atoms with Crippen molar-refractivity contribution in [2.45, 2.75) is 83.7 Å². The highest BCUT2D eigenvalue weighted by Crippen LogP contribution is 2.27. The zero-order valence-electron chi connectivity index (χ0n) is 14.1.